The minimum Gasteiger partial charge on any atom is -0.316 e. The number of amidine groups is 1. The van der Waals surface area contributed by atoms with Crippen molar-refractivity contribution < 1.29 is 17.6 Å². The lowest BCUT2D eigenvalue weighted by atomic mass is 10.2. The fraction of sp³-hybridized carbons (Fsp3) is 0.385. The molecule has 2 atom stereocenters. The summed E-state index contributed by atoms with van der Waals surface area (Å²) in [5.74, 6) is -0.602. The van der Waals surface area contributed by atoms with Crippen molar-refractivity contribution in [1.29, 1.82) is 0 Å². The zero-order valence-electron chi connectivity index (χ0n) is 11.2. The molecular formula is C13H13FN2O3S2. The molecule has 2 fully saturated rings. The normalized spacial score (nSPS) is 28.9. The Kier molecular flexibility index (Phi) is 3.53. The Labute approximate surface area is 126 Å². The van der Waals surface area contributed by atoms with Gasteiger partial charge in [-0.15, -0.1) is 0 Å². The average molecular weight is 328 g/mol. The lowest BCUT2D eigenvalue weighted by molar-refractivity contribution is -0.115. The number of halogens is 1. The molecule has 1 aromatic carbocycles. The number of anilines is 1. The summed E-state index contributed by atoms with van der Waals surface area (Å²) >= 11 is 1.30. The van der Waals surface area contributed by atoms with E-state index in [9.17, 15) is 17.6 Å². The molecule has 8 heteroatoms. The maximum absolute atomic E-state index is 13.1. The number of carbonyl (C=O) groups is 1. The number of aliphatic imine (C=N–C) groups is 1. The van der Waals surface area contributed by atoms with Crippen LogP contribution in [0.15, 0.2) is 29.3 Å². The first-order chi connectivity index (χ1) is 9.85. The predicted molar refractivity (Wildman–Crippen MR) is 80.8 cm³/mol. The lowest BCUT2D eigenvalue weighted by Crippen LogP contribution is -2.37. The molecule has 0 aromatic heterocycles. The molecule has 2 heterocycles. The fourth-order valence-electron chi connectivity index (χ4n) is 2.60. The molecule has 3 rings (SSSR count). The van der Waals surface area contributed by atoms with Crippen LogP contribution in [0.4, 0.5) is 10.1 Å². The molecule has 0 aliphatic carbocycles. The van der Waals surface area contributed by atoms with Crippen molar-refractivity contribution in [2.45, 2.75) is 18.2 Å². The summed E-state index contributed by atoms with van der Waals surface area (Å²) in [4.78, 5) is 17.0. The molecular weight excluding hydrogens is 315 g/mol. The first-order valence-corrected chi connectivity index (χ1v) is 9.07. The second kappa shape index (κ2) is 5.10. The predicted octanol–water partition coefficient (Wildman–Crippen LogP) is 1.45. The lowest BCUT2D eigenvalue weighted by Gasteiger charge is -2.24. The number of nitrogens with zero attached hydrogens (tertiary/aromatic N) is 2. The summed E-state index contributed by atoms with van der Waals surface area (Å²) in [5.41, 5.74) is 0.647. The van der Waals surface area contributed by atoms with Crippen LogP contribution in [0.25, 0.3) is 0 Å². The van der Waals surface area contributed by atoms with Crippen LogP contribution in [0, 0.1) is 5.82 Å². The number of benzene rings is 1. The zero-order valence-corrected chi connectivity index (χ0v) is 12.8. The molecule has 112 valence electrons. The highest BCUT2D eigenvalue weighted by Gasteiger charge is 2.49. The number of hydrogen-bond acceptors (Lipinski definition) is 4. The van der Waals surface area contributed by atoms with Gasteiger partial charge in [-0.2, -0.15) is 4.99 Å². The number of sulfone groups is 1. The van der Waals surface area contributed by atoms with E-state index in [1.807, 2.05) is 0 Å². The molecule has 0 N–H and O–H groups in total. The van der Waals surface area contributed by atoms with Crippen LogP contribution < -0.4 is 4.90 Å². The van der Waals surface area contributed by atoms with Crippen LogP contribution in [-0.2, 0) is 14.6 Å². The van der Waals surface area contributed by atoms with Crippen LogP contribution in [-0.4, -0.2) is 42.3 Å². The second-order valence-electron chi connectivity index (χ2n) is 5.06. The minimum absolute atomic E-state index is 0.0268. The maximum atomic E-state index is 13.1. The van der Waals surface area contributed by atoms with E-state index in [1.54, 1.807) is 17.0 Å². The van der Waals surface area contributed by atoms with Gasteiger partial charge >= 0.3 is 0 Å². The van der Waals surface area contributed by atoms with Gasteiger partial charge in [-0.25, -0.2) is 12.8 Å². The Balaban J connectivity index is 2.02. The van der Waals surface area contributed by atoms with Crippen molar-refractivity contribution in [1.82, 2.24) is 0 Å². The van der Waals surface area contributed by atoms with Crippen LogP contribution in [0.2, 0.25) is 0 Å². The van der Waals surface area contributed by atoms with Gasteiger partial charge in [0.15, 0.2) is 15.0 Å². The molecule has 5 nitrogen and oxygen atoms in total. The van der Waals surface area contributed by atoms with Crippen LogP contribution in [0.3, 0.4) is 0 Å². The summed E-state index contributed by atoms with van der Waals surface area (Å²) < 4.78 is 36.7. The fourth-order valence-corrected chi connectivity index (χ4v) is 6.56. The van der Waals surface area contributed by atoms with E-state index in [0.29, 0.717) is 10.9 Å². The Bertz CT molecular complexity index is 715. The highest BCUT2D eigenvalue weighted by molar-refractivity contribution is 8.16. The van der Waals surface area contributed by atoms with Gasteiger partial charge in [-0.3, -0.25) is 4.79 Å². The largest absolute Gasteiger partial charge is 0.316 e. The quantitative estimate of drug-likeness (QED) is 0.780. The number of amides is 1. The molecule has 21 heavy (non-hydrogen) atoms. The molecule has 2 aliphatic rings. The standard InChI is InChI=1S/C13H13FN2O3S2/c1-8(17)15-13-16(10-4-2-9(14)3-5-10)11-6-21(18,19)7-12(11)20-13/h2-5,11-12H,6-7H2,1H3. The number of thioether (sulfide) groups is 1. The van der Waals surface area contributed by atoms with Crippen molar-refractivity contribution >= 4 is 38.4 Å². The van der Waals surface area contributed by atoms with Crippen molar-refractivity contribution in [2.24, 2.45) is 4.99 Å². The van der Waals surface area contributed by atoms with Gasteiger partial charge in [0.25, 0.3) is 0 Å². The smallest absolute Gasteiger partial charge is 0.244 e. The van der Waals surface area contributed by atoms with E-state index in [2.05, 4.69) is 4.99 Å². The van der Waals surface area contributed by atoms with Crippen molar-refractivity contribution in [3.05, 3.63) is 30.1 Å². The van der Waals surface area contributed by atoms with Crippen LogP contribution >= 0.6 is 11.8 Å². The molecule has 0 spiro atoms. The van der Waals surface area contributed by atoms with Crippen molar-refractivity contribution in [3.63, 3.8) is 0 Å². The highest BCUT2D eigenvalue weighted by atomic mass is 32.2. The van der Waals surface area contributed by atoms with E-state index in [0.717, 1.165) is 0 Å². The monoisotopic (exact) mass is 328 g/mol. The molecule has 0 bridgehead atoms. The third kappa shape index (κ3) is 2.82. The summed E-state index contributed by atoms with van der Waals surface area (Å²) in [6.07, 6.45) is 0. The van der Waals surface area contributed by atoms with E-state index < -0.39 is 9.84 Å². The molecule has 0 radical (unpaired) electrons. The van der Waals surface area contributed by atoms with Gasteiger partial charge in [0, 0.05) is 17.9 Å². The second-order valence-corrected chi connectivity index (χ2v) is 8.42. The highest BCUT2D eigenvalue weighted by Crippen LogP contribution is 2.40. The van der Waals surface area contributed by atoms with Gasteiger partial charge in [0.05, 0.1) is 17.5 Å². The molecule has 2 saturated heterocycles. The Morgan fingerprint density at radius 3 is 2.62 bits per heavy atom. The molecule has 1 aromatic rings. The van der Waals surface area contributed by atoms with Gasteiger partial charge in [-0.05, 0) is 24.3 Å². The molecule has 2 aliphatic heterocycles. The van der Waals surface area contributed by atoms with Gasteiger partial charge in [0.2, 0.25) is 5.91 Å². The van der Waals surface area contributed by atoms with E-state index in [4.69, 9.17) is 0 Å². The SMILES string of the molecule is CC(=O)N=C1SC2CS(=O)(=O)CC2N1c1ccc(F)cc1. The number of rotatable bonds is 1. The third-order valence-electron chi connectivity index (χ3n) is 3.42. The number of hydrogen-bond donors (Lipinski definition) is 0. The first kappa shape index (κ1) is 14.5. The average Bonchev–Trinajstić information content (AvgIpc) is 2.81. The topological polar surface area (TPSA) is 66.8 Å². The zero-order chi connectivity index (χ0) is 15.2. The van der Waals surface area contributed by atoms with Crippen LogP contribution in [0.1, 0.15) is 6.92 Å². The van der Waals surface area contributed by atoms with Gasteiger partial charge in [0.1, 0.15) is 5.82 Å². The number of fused-ring (bicyclic) bond motifs is 1. The van der Waals surface area contributed by atoms with E-state index >= 15 is 0 Å². The summed E-state index contributed by atoms with van der Waals surface area (Å²) in [6, 6.07) is 5.49. The van der Waals surface area contributed by atoms with E-state index in [-0.39, 0.29) is 34.5 Å². The van der Waals surface area contributed by atoms with Crippen molar-refractivity contribution in [2.75, 3.05) is 16.4 Å². The van der Waals surface area contributed by atoms with Crippen molar-refractivity contribution in [3.8, 4) is 0 Å². The summed E-state index contributed by atoms with van der Waals surface area (Å²) in [5, 5.41) is 0.345. The Morgan fingerprint density at radius 1 is 1.33 bits per heavy atom. The van der Waals surface area contributed by atoms with Gasteiger partial charge in [-0.1, -0.05) is 11.8 Å². The van der Waals surface area contributed by atoms with Crippen LogP contribution in [0.5, 0.6) is 0 Å². The Hall–Kier alpha value is -1.41. The van der Waals surface area contributed by atoms with E-state index in [1.165, 1.54) is 30.8 Å². The Morgan fingerprint density at radius 2 is 2.00 bits per heavy atom. The number of carbonyl (C=O) groups excluding carboxylic acids is 1. The van der Waals surface area contributed by atoms with Gasteiger partial charge < -0.3 is 4.90 Å². The summed E-state index contributed by atoms with van der Waals surface area (Å²) in [6.45, 7) is 1.35. The maximum Gasteiger partial charge on any atom is 0.244 e. The molecule has 0 saturated carbocycles. The molecule has 2 unspecified atom stereocenters. The first-order valence-electron chi connectivity index (χ1n) is 6.37. The molecule has 1 amide bonds. The third-order valence-corrected chi connectivity index (χ3v) is 6.63. The minimum atomic E-state index is -3.08. The summed E-state index contributed by atoms with van der Waals surface area (Å²) in [7, 11) is -3.08.